The first-order valence-corrected chi connectivity index (χ1v) is 6.61. The second-order valence-electron chi connectivity index (χ2n) is 4.77. The van der Waals surface area contributed by atoms with E-state index in [1.807, 2.05) is 60.7 Å². The molecule has 2 radical (unpaired) electrons. The van der Waals surface area contributed by atoms with Gasteiger partial charge in [-0.2, -0.15) is 0 Å². The third kappa shape index (κ3) is 1.82. The minimum atomic E-state index is -0.836. The molecule has 1 saturated heterocycles. The number of benzene rings is 2. The average molecular weight is 265 g/mol. The fourth-order valence-corrected chi connectivity index (χ4v) is 2.63. The molecule has 20 heavy (non-hydrogen) atoms. The number of nitrogens with zero attached hydrogens (tertiary/aromatic N) is 1. The van der Waals surface area contributed by atoms with E-state index >= 15 is 0 Å². The van der Waals surface area contributed by atoms with Crippen molar-refractivity contribution in [3.8, 4) is 0 Å². The van der Waals surface area contributed by atoms with Crippen molar-refractivity contribution in [1.82, 2.24) is 4.90 Å². The van der Waals surface area contributed by atoms with Crippen LogP contribution in [0.4, 0.5) is 0 Å². The molecule has 1 fully saturated rings. The largest absolute Gasteiger partial charge is 0.395 e. The third-order valence-corrected chi connectivity index (χ3v) is 3.61. The van der Waals surface area contributed by atoms with Gasteiger partial charge in [-0.15, -0.1) is 0 Å². The number of β-lactam (4-membered cyclic amide) rings is 1. The molecule has 2 aromatic rings. The monoisotopic (exact) mass is 265 g/mol. The van der Waals surface area contributed by atoms with Crippen LogP contribution >= 0.6 is 0 Å². The highest BCUT2D eigenvalue weighted by Gasteiger charge is 2.55. The molecule has 1 aliphatic heterocycles. The lowest BCUT2D eigenvalue weighted by atomic mass is 9.68. The molecule has 1 amide bonds. The molecule has 0 aromatic heterocycles. The van der Waals surface area contributed by atoms with Crippen molar-refractivity contribution in [1.29, 1.82) is 0 Å². The summed E-state index contributed by atoms with van der Waals surface area (Å²) in [6, 6.07) is 19.3. The van der Waals surface area contributed by atoms with Crippen molar-refractivity contribution >= 4 is 5.91 Å². The number of β-amino-alcohol motifs (C(OH)–C–C–N with tert-alkyl or cyclic N) is 1. The smallest absolute Gasteiger partial charge is 0.241 e. The highest BCUT2D eigenvalue weighted by molar-refractivity contribution is 6.00. The lowest BCUT2D eigenvalue weighted by Crippen LogP contribution is -2.61. The van der Waals surface area contributed by atoms with Crippen LogP contribution in [0.3, 0.4) is 0 Å². The average Bonchev–Trinajstić information content (AvgIpc) is 2.52. The molecule has 0 bridgehead atoms. The molecule has 0 saturated carbocycles. The number of hydrogen-bond acceptors (Lipinski definition) is 2. The van der Waals surface area contributed by atoms with E-state index in [2.05, 4.69) is 6.54 Å². The number of amides is 1. The molecule has 0 aliphatic carbocycles. The quantitative estimate of drug-likeness (QED) is 0.857. The molecule has 1 N–H and O–H groups in total. The van der Waals surface area contributed by atoms with Crippen molar-refractivity contribution in [3.63, 3.8) is 0 Å². The van der Waals surface area contributed by atoms with Crippen molar-refractivity contribution in [2.75, 3.05) is 13.2 Å². The van der Waals surface area contributed by atoms with E-state index in [1.54, 1.807) is 0 Å². The molecule has 1 heterocycles. The highest BCUT2D eigenvalue weighted by Crippen LogP contribution is 2.45. The fraction of sp³-hybridized carbons (Fsp3) is 0.176. The van der Waals surface area contributed by atoms with Crippen LogP contribution in [0.15, 0.2) is 60.7 Å². The first kappa shape index (κ1) is 12.9. The zero-order chi connectivity index (χ0) is 14.0. The van der Waals surface area contributed by atoms with Crippen molar-refractivity contribution in [2.24, 2.45) is 0 Å². The van der Waals surface area contributed by atoms with Gasteiger partial charge in [0.15, 0.2) is 0 Å². The van der Waals surface area contributed by atoms with E-state index in [-0.39, 0.29) is 12.5 Å². The Balaban J connectivity index is 2.05. The van der Waals surface area contributed by atoms with Gasteiger partial charge in [0.1, 0.15) is 12.0 Å². The molecule has 1 aliphatic rings. The third-order valence-electron chi connectivity index (χ3n) is 3.61. The van der Waals surface area contributed by atoms with Crippen LogP contribution in [-0.4, -0.2) is 29.1 Å². The van der Waals surface area contributed by atoms with Gasteiger partial charge in [0.25, 0.3) is 0 Å². The summed E-state index contributed by atoms with van der Waals surface area (Å²) in [5.74, 6) is -0.0380. The summed E-state index contributed by atoms with van der Waals surface area (Å²) in [6.07, 6.45) is 0. The lowest BCUT2D eigenvalue weighted by Gasteiger charge is -2.48. The minimum absolute atomic E-state index is 0.0380. The van der Waals surface area contributed by atoms with E-state index in [0.717, 1.165) is 11.1 Å². The van der Waals surface area contributed by atoms with Gasteiger partial charge in [0.05, 0.1) is 6.61 Å². The second-order valence-corrected chi connectivity index (χ2v) is 4.77. The van der Waals surface area contributed by atoms with Gasteiger partial charge >= 0.3 is 0 Å². The Kier molecular flexibility index (Phi) is 3.28. The van der Waals surface area contributed by atoms with Crippen LogP contribution < -0.4 is 0 Å². The van der Waals surface area contributed by atoms with E-state index in [1.165, 1.54) is 4.90 Å². The number of aliphatic hydroxyl groups excluding tert-OH is 1. The number of hydrogen-bond donors (Lipinski definition) is 1. The molecule has 100 valence electrons. The molecular weight excluding hydrogens is 250 g/mol. The van der Waals surface area contributed by atoms with Crippen LogP contribution in [0.2, 0.25) is 0 Å². The molecule has 3 rings (SSSR count). The normalized spacial score (nSPS) is 16.9. The number of carbonyl (C=O) groups is 1. The van der Waals surface area contributed by atoms with Gasteiger partial charge in [-0.3, -0.25) is 4.79 Å². The van der Waals surface area contributed by atoms with Gasteiger partial charge in [0.2, 0.25) is 5.91 Å². The number of carbonyl (C=O) groups excluding carboxylic acids is 1. The Hall–Kier alpha value is -2.13. The maximum absolute atomic E-state index is 12.6. The highest BCUT2D eigenvalue weighted by atomic mass is 16.3. The Bertz CT molecular complexity index is 555. The van der Waals surface area contributed by atoms with Gasteiger partial charge in [-0.1, -0.05) is 60.7 Å². The maximum atomic E-state index is 12.6. The van der Waals surface area contributed by atoms with E-state index in [0.29, 0.717) is 6.54 Å². The number of likely N-dealkylation sites (tertiary alicyclic amines) is 1. The van der Waals surface area contributed by atoms with Crippen LogP contribution in [0.1, 0.15) is 11.1 Å². The predicted octanol–water partition coefficient (Wildman–Crippen LogP) is 1.85. The topological polar surface area (TPSA) is 40.5 Å². The zero-order valence-electron chi connectivity index (χ0n) is 11.0. The Morgan fingerprint density at radius 3 is 1.85 bits per heavy atom. The number of aliphatic hydroxyl groups is 1. The van der Waals surface area contributed by atoms with E-state index in [4.69, 9.17) is 5.11 Å². The van der Waals surface area contributed by atoms with Gasteiger partial charge in [0, 0.05) is 6.54 Å². The summed E-state index contributed by atoms with van der Waals surface area (Å²) in [6.45, 7) is 3.44. The summed E-state index contributed by atoms with van der Waals surface area (Å²) in [5, 5.41) is 9.00. The Labute approximate surface area is 118 Å². The molecule has 0 unspecified atom stereocenters. The minimum Gasteiger partial charge on any atom is -0.395 e. The molecule has 0 spiro atoms. The van der Waals surface area contributed by atoms with Crippen LogP contribution in [0, 0.1) is 6.54 Å². The molecular formula is C17H15NO2. The molecule has 2 aromatic carbocycles. The van der Waals surface area contributed by atoms with Gasteiger partial charge < -0.3 is 10.0 Å². The first-order valence-electron chi connectivity index (χ1n) is 6.61. The summed E-state index contributed by atoms with van der Waals surface area (Å²) in [5.41, 5.74) is 0.980. The van der Waals surface area contributed by atoms with Crippen LogP contribution in [-0.2, 0) is 10.2 Å². The fourth-order valence-electron chi connectivity index (χ4n) is 2.63. The second kappa shape index (κ2) is 5.10. The number of rotatable bonds is 4. The summed E-state index contributed by atoms with van der Waals surface area (Å²) < 4.78 is 0. The Morgan fingerprint density at radius 1 is 0.950 bits per heavy atom. The predicted molar refractivity (Wildman–Crippen MR) is 75.7 cm³/mol. The maximum Gasteiger partial charge on any atom is 0.241 e. The summed E-state index contributed by atoms with van der Waals surface area (Å²) >= 11 is 0. The van der Waals surface area contributed by atoms with Crippen LogP contribution in [0.5, 0.6) is 0 Å². The lowest BCUT2D eigenvalue weighted by molar-refractivity contribution is -0.143. The van der Waals surface area contributed by atoms with E-state index in [9.17, 15) is 4.79 Å². The summed E-state index contributed by atoms with van der Waals surface area (Å²) in [4.78, 5) is 14.1. The van der Waals surface area contributed by atoms with E-state index < -0.39 is 5.41 Å². The van der Waals surface area contributed by atoms with Gasteiger partial charge in [-0.05, 0) is 11.1 Å². The zero-order valence-corrected chi connectivity index (χ0v) is 11.0. The van der Waals surface area contributed by atoms with Crippen LogP contribution in [0.25, 0.3) is 0 Å². The summed E-state index contributed by atoms with van der Waals surface area (Å²) in [7, 11) is 0. The molecule has 3 nitrogen and oxygen atoms in total. The van der Waals surface area contributed by atoms with Crippen molar-refractivity contribution in [3.05, 3.63) is 78.3 Å². The standard InChI is InChI=1S/C17H15NO2/c19-12-11-18-13-17(16(18)20,14-7-3-1-4-8-14)15-9-5-2-6-10-15/h1-10,19H,11-12H2. The SMILES string of the molecule is O=C1N(CCO)[C]C1(c1ccccc1)c1ccccc1. The molecule has 0 atom stereocenters. The van der Waals surface area contributed by atoms with Crippen molar-refractivity contribution < 1.29 is 9.90 Å². The first-order chi connectivity index (χ1) is 9.79. The Morgan fingerprint density at radius 2 is 1.45 bits per heavy atom. The van der Waals surface area contributed by atoms with Crippen molar-refractivity contribution in [2.45, 2.75) is 5.41 Å². The molecule has 3 heteroatoms. The van der Waals surface area contributed by atoms with Gasteiger partial charge in [-0.25, -0.2) is 0 Å².